The van der Waals surface area contributed by atoms with E-state index in [4.69, 9.17) is 6.42 Å². The Kier molecular flexibility index (Phi) is 3.45. The lowest BCUT2D eigenvalue weighted by Gasteiger charge is -2.10. The van der Waals surface area contributed by atoms with E-state index in [2.05, 4.69) is 11.0 Å². The van der Waals surface area contributed by atoms with Gasteiger partial charge in [0.05, 0.1) is 5.69 Å². The maximum Gasteiger partial charge on any atom is 0.435 e. The molecule has 1 aromatic heterocycles. The van der Waals surface area contributed by atoms with Gasteiger partial charge in [0.1, 0.15) is 5.69 Å². The normalized spacial score (nSPS) is 12.2. The highest BCUT2D eigenvalue weighted by molar-refractivity contribution is 5.41. The number of hydrogen-bond acceptors (Lipinski definition) is 1. The van der Waals surface area contributed by atoms with E-state index in [0.29, 0.717) is 5.56 Å². The van der Waals surface area contributed by atoms with Crippen molar-refractivity contribution in [2.75, 3.05) is 0 Å². The molecule has 0 bridgehead atoms. The van der Waals surface area contributed by atoms with Crippen molar-refractivity contribution in [3.05, 3.63) is 47.3 Å². The highest BCUT2D eigenvalue weighted by Crippen LogP contribution is 2.36. The minimum atomic E-state index is -4.97. The van der Waals surface area contributed by atoms with Crippen molar-refractivity contribution in [2.24, 2.45) is 0 Å². The molecule has 0 atom stereocenters. The third-order valence-electron chi connectivity index (χ3n) is 2.57. The lowest BCUT2D eigenvalue weighted by Crippen LogP contribution is -2.13. The second-order valence-corrected chi connectivity index (χ2v) is 4.01. The Morgan fingerprint density at radius 3 is 1.95 bits per heavy atom. The van der Waals surface area contributed by atoms with E-state index in [-0.39, 0.29) is 16.4 Å². The molecule has 2 nitrogen and oxygen atoms in total. The van der Waals surface area contributed by atoms with E-state index in [0.717, 1.165) is 12.1 Å². The minimum Gasteiger partial charge on any atom is -0.228 e. The quantitative estimate of drug-likeness (QED) is 0.577. The van der Waals surface area contributed by atoms with Crippen LogP contribution in [-0.2, 0) is 12.4 Å². The molecule has 2 aromatic rings. The molecule has 0 amide bonds. The number of terminal acetylenes is 1. The summed E-state index contributed by atoms with van der Waals surface area (Å²) in [5.74, 6) is 2.25. The lowest BCUT2D eigenvalue weighted by atomic mass is 10.2. The summed E-state index contributed by atoms with van der Waals surface area (Å²) in [7, 11) is 0. The SMILES string of the molecule is C#Cc1ccc(-n2nc(C(F)(F)F)cc2C(F)(F)F)cc1. The lowest BCUT2D eigenvalue weighted by molar-refractivity contribution is -0.143. The Morgan fingerprint density at radius 1 is 0.952 bits per heavy atom. The number of nitrogens with zero attached hydrogens (tertiary/aromatic N) is 2. The number of rotatable bonds is 1. The van der Waals surface area contributed by atoms with Gasteiger partial charge in [0.15, 0.2) is 5.69 Å². The predicted molar refractivity (Wildman–Crippen MR) is 61.5 cm³/mol. The number of benzene rings is 1. The topological polar surface area (TPSA) is 17.8 Å². The molecule has 8 heteroatoms. The molecule has 0 spiro atoms. The minimum absolute atomic E-state index is 0.0326. The maximum absolute atomic E-state index is 12.8. The molecule has 1 aromatic carbocycles. The van der Waals surface area contributed by atoms with Gasteiger partial charge in [0.2, 0.25) is 0 Å². The van der Waals surface area contributed by atoms with Gasteiger partial charge in [-0.05, 0) is 24.3 Å². The summed E-state index contributed by atoms with van der Waals surface area (Å²) >= 11 is 0. The van der Waals surface area contributed by atoms with E-state index < -0.39 is 23.7 Å². The van der Waals surface area contributed by atoms with Gasteiger partial charge in [-0.15, -0.1) is 6.42 Å². The average molecular weight is 304 g/mol. The second-order valence-electron chi connectivity index (χ2n) is 4.01. The van der Waals surface area contributed by atoms with Gasteiger partial charge < -0.3 is 0 Å². The zero-order valence-electron chi connectivity index (χ0n) is 10.1. The van der Waals surface area contributed by atoms with Gasteiger partial charge in [-0.1, -0.05) is 5.92 Å². The predicted octanol–water partition coefficient (Wildman–Crippen LogP) is 3.89. The number of alkyl halides is 6. The smallest absolute Gasteiger partial charge is 0.228 e. The molecule has 0 saturated carbocycles. The molecule has 0 saturated heterocycles. The van der Waals surface area contributed by atoms with Gasteiger partial charge in [0.25, 0.3) is 0 Å². The third-order valence-corrected chi connectivity index (χ3v) is 2.57. The summed E-state index contributed by atoms with van der Waals surface area (Å²) in [4.78, 5) is 0. The van der Waals surface area contributed by atoms with Crippen molar-refractivity contribution in [2.45, 2.75) is 12.4 Å². The Bertz CT molecular complexity index is 685. The van der Waals surface area contributed by atoms with Crippen LogP contribution in [0.2, 0.25) is 0 Å². The van der Waals surface area contributed by atoms with Crippen LogP contribution < -0.4 is 0 Å². The fourth-order valence-electron chi connectivity index (χ4n) is 1.62. The van der Waals surface area contributed by atoms with Gasteiger partial charge in [0, 0.05) is 11.6 Å². The van der Waals surface area contributed by atoms with Crippen LogP contribution in [0.4, 0.5) is 26.3 Å². The van der Waals surface area contributed by atoms with Crippen molar-refractivity contribution in [1.29, 1.82) is 0 Å². The van der Waals surface area contributed by atoms with E-state index in [1.54, 1.807) is 0 Å². The van der Waals surface area contributed by atoms with Crippen molar-refractivity contribution < 1.29 is 26.3 Å². The summed E-state index contributed by atoms with van der Waals surface area (Å²) in [6, 6.07) is 4.92. The molecule has 1 heterocycles. The molecular formula is C13H6F6N2. The number of halogens is 6. The van der Waals surface area contributed by atoms with Crippen LogP contribution in [0.15, 0.2) is 30.3 Å². The van der Waals surface area contributed by atoms with Crippen LogP contribution in [0.25, 0.3) is 5.69 Å². The van der Waals surface area contributed by atoms with Crippen molar-refractivity contribution >= 4 is 0 Å². The first kappa shape index (κ1) is 15.0. The Balaban J connectivity index is 2.61. The number of aromatic nitrogens is 2. The molecule has 21 heavy (non-hydrogen) atoms. The van der Waals surface area contributed by atoms with Crippen LogP contribution in [-0.4, -0.2) is 9.78 Å². The summed E-state index contributed by atoms with van der Waals surface area (Å²) in [5.41, 5.74) is -2.91. The van der Waals surface area contributed by atoms with E-state index >= 15 is 0 Å². The molecule has 0 fully saturated rings. The van der Waals surface area contributed by atoms with Crippen molar-refractivity contribution in [3.8, 4) is 18.0 Å². The van der Waals surface area contributed by atoms with Gasteiger partial charge in [-0.3, -0.25) is 0 Å². The van der Waals surface area contributed by atoms with Gasteiger partial charge >= 0.3 is 12.4 Å². The van der Waals surface area contributed by atoms with E-state index in [9.17, 15) is 26.3 Å². The van der Waals surface area contributed by atoms with E-state index in [1.165, 1.54) is 12.1 Å². The van der Waals surface area contributed by atoms with Crippen LogP contribution in [0.5, 0.6) is 0 Å². The highest BCUT2D eigenvalue weighted by Gasteiger charge is 2.42. The Morgan fingerprint density at radius 2 is 1.52 bits per heavy atom. The molecule has 2 rings (SSSR count). The summed E-state index contributed by atoms with van der Waals surface area (Å²) in [6.45, 7) is 0. The van der Waals surface area contributed by atoms with Gasteiger partial charge in [-0.25, -0.2) is 4.68 Å². The summed E-state index contributed by atoms with van der Waals surface area (Å²) in [6.07, 6.45) is -4.84. The zero-order chi connectivity index (χ0) is 15.8. The molecule has 0 unspecified atom stereocenters. The van der Waals surface area contributed by atoms with Crippen LogP contribution in [0.3, 0.4) is 0 Å². The third kappa shape index (κ3) is 3.02. The largest absolute Gasteiger partial charge is 0.435 e. The molecule has 0 aliphatic carbocycles. The Labute approximate surface area is 115 Å². The second kappa shape index (κ2) is 4.84. The molecule has 0 aliphatic heterocycles. The zero-order valence-corrected chi connectivity index (χ0v) is 10.1. The monoisotopic (exact) mass is 304 g/mol. The fourth-order valence-corrected chi connectivity index (χ4v) is 1.62. The number of hydrogen-bond donors (Lipinski definition) is 0. The Hall–Kier alpha value is -2.43. The van der Waals surface area contributed by atoms with E-state index in [1.807, 2.05) is 0 Å². The standard InChI is InChI=1S/C13H6F6N2/c1-2-8-3-5-9(6-4-8)21-11(13(17,18)19)7-10(20-21)12(14,15)16/h1,3-7H. The van der Waals surface area contributed by atoms with Crippen molar-refractivity contribution in [3.63, 3.8) is 0 Å². The highest BCUT2D eigenvalue weighted by atomic mass is 19.4. The van der Waals surface area contributed by atoms with Crippen LogP contribution >= 0.6 is 0 Å². The summed E-state index contributed by atoms with van der Waals surface area (Å²) in [5, 5.41) is 2.99. The van der Waals surface area contributed by atoms with Gasteiger partial charge in [-0.2, -0.15) is 31.4 Å². The average Bonchev–Trinajstić information content (AvgIpc) is 2.83. The first-order valence-corrected chi connectivity index (χ1v) is 5.44. The summed E-state index contributed by atoms with van der Waals surface area (Å²) < 4.78 is 76.3. The first-order chi connectivity index (χ1) is 9.63. The van der Waals surface area contributed by atoms with Crippen LogP contribution in [0.1, 0.15) is 17.0 Å². The molecule has 0 aliphatic rings. The molecular weight excluding hydrogens is 298 g/mol. The molecule has 0 N–H and O–H groups in total. The maximum atomic E-state index is 12.8. The first-order valence-electron chi connectivity index (χ1n) is 5.44. The molecule has 0 radical (unpaired) electrons. The van der Waals surface area contributed by atoms with Crippen LogP contribution in [0, 0.1) is 12.3 Å². The molecule has 110 valence electrons. The van der Waals surface area contributed by atoms with Crippen molar-refractivity contribution in [1.82, 2.24) is 9.78 Å². The fraction of sp³-hybridized carbons (Fsp3) is 0.154.